The van der Waals surface area contributed by atoms with Crippen molar-refractivity contribution in [1.82, 2.24) is 4.98 Å². The normalized spacial score (nSPS) is 14.5. The van der Waals surface area contributed by atoms with Crippen LogP contribution in [0.15, 0.2) is 42.6 Å². The summed E-state index contributed by atoms with van der Waals surface area (Å²) in [5.41, 5.74) is 1.60. The van der Waals surface area contributed by atoms with Crippen molar-refractivity contribution in [2.75, 3.05) is 23.3 Å². The van der Waals surface area contributed by atoms with Crippen LogP contribution in [0, 0.1) is 34.7 Å². The number of aromatic nitrogens is 1. The van der Waals surface area contributed by atoms with Crippen molar-refractivity contribution in [3.05, 3.63) is 65.6 Å². The number of hydrogen-bond acceptors (Lipinski definition) is 4. The number of carbonyl (C=O) groups excluding carboxylic acids is 1. The smallest absolute Gasteiger partial charge is 0.227 e. The summed E-state index contributed by atoms with van der Waals surface area (Å²) in [7, 11) is 0. The minimum atomic E-state index is -0.763. The first-order valence-electron chi connectivity index (χ1n) is 9.45. The van der Waals surface area contributed by atoms with Crippen LogP contribution in [-0.2, 0) is 4.79 Å². The highest BCUT2D eigenvalue weighted by Crippen LogP contribution is 2.33. The van der Waals surface area contributed by atoms with Crippen LogP contribution in [0.25, 0.3) is 10.9 Å². The molecule has 0 saturated carbocycles. The second-order valence-corrected chi connectivity index (χ2v) is 7.20. The van der Waals surface area contributed by atoms with Crippen molar-refractivity contribution in [2.45, 2.75) is 12.8 Å². The molecule has 0 spiro atoms. The Morgan fingerprint density at radius 1 is 1.07 bits per heavy atom. The number of nitrogens with zero attached hydrogens (tertiary/aromatic N) is 3. The van der Waals surface area contributed by atoms with Crippen molar-refractivity contribution < 1.29 is 18.0 Å². The highest BCUT2D eigenvalue weighted by Gasteiger charge is 2.27. The standard InChI is InChI=1S/C22H17F3N4O/c23-15-1-2-20-19(10-15)21(14(11-26)12-27-20)29-5-3-13(4-6-29)22(30)28-18-8-16(24)7-17(25)9-18/h1-2,7-10,12-13H,3-6H2,(H,28,30). The zero-order valence-corrected chi connectivity index (χ0v) is 15.8. The van der Waals surface area contributed by atoms with Gasteiger partial charge in [-0.1, -0.05) is 0 Å². The molecule has 8 heteroatoms. The molecule has 0 radical (unpaired) electrons. The average Bonchev–Trinajstić information content (AvgIpc) is 2.72. The van der Waals surface area contributed by atoms with E-state index in [9.17, 15) is 23.2 Å². The van der Waals surface area contributed by atoms with Gasteiger partial charge in [0.2, 0.25) is 5.91 Å². The van der Waals surface area contributed by atoms with Gasteiger partial charge in [0, 0.05) is 42.3 Å². The van der Waals surface area contributed by atoms with E-state index >= 15 is 0 Å². The lowest BCUT2D eigenvalue weighted by Crippen LogP contribution is -2.38. The molecule has 2 heterocycles. The molecule has 0 aliphatic carbocycles. The van der Waals surface area contributed by atoms with Crippen LogP contribution < -0.4 is 10.2 Å². The third-order valence-electron chi connectivity index (χ3n) is 5.23. The molecule has 30 heavy (non-hydrogen) atoms. The predicted octanol–water partition coefficient (Wildman–Crippen LogP) is 4.38. The first kappa shape index (κ1) is 19.7. The number of benzene rings is 2. The monoisotopic (exact) mass is 410 g/mol. The van der Waals surface area contributed by atoms with Gasteiger partial charge in [-0.2, -0.15) is 5.26 Å². The summed E-state index contributed by atoms with van der Waals surface area (Å²) in [6.07, 6.45) is 2.42. The molecule has 1 aromatic heterocycles. The second-order valence-electron chi connectivity index (χ2n) is 7.20. The van der Waals surface area contributed by atoms with Gasteiger partial charge in [-0.25, -0.2) is 13.2 Å². The Bertz CT molecular complexity index is 1150. The van der Waals surface area contributed by atoms with Crippen molar-refractivity contribution in [2.24, 2.45) is 5.92 Å². The average molecular weight is 410 g/mol. The van der Waals surface area contributed by atoms with Crippen molar-refractivity contribution in [3.63, 3.8) is 0 Å². The summed E-state index contributed by atoms with van der Waals surface area (Å²) in [5.74, 6) is -2.60. The van der Waals surface area contributed by atoms with Gasteiger partial charge in [-0.3, -0.25) is 9.78 Å². The number of amides is 1. The molecule has 0 bridgehead atoms. The molecule has 1 saturated heterocycles. The third kappa shape index (κ3) is 3.92. The molecule has 152 valence electrons. The summed E-state index contributed by atoms with van der Waals surface area (Å²) in [5, 5.41) is 12.6. The number of rotatable bonds is 3. The van der Waals surface area contributed by atoms with Crippen molar-refractivity contribution in [1.29, 1.82) is 5.26 Å². The molecule has 3 aromatic rings. The Kier molecular flexibility index (Phi) is 5.27. The van der Waals surface area contributed by atoms with Gasteiger partial charge in [-0.05, 0) is 43.2 Å². The number of fused-ring (bicyclic) bond motifs is 1. The number of halogens is 3. The third-order valence-corrected chi connectivity index (χ3v) is 5.23. The molecule has 1 amide bonds. The lowest BCUT2D eigenvalue weighted by molar-refractivity contribution is -0.120. The Morgan fingerprint density at radius 3 is 2.43 bits per heavy atom. The number of nitriles is 1. The number of anilines is 2. The van der Waals surface area contributed by atoms with E-state index in [1.54, 1.807) is 6.07 Å². The molecule has 1 aliphatic rings. The van der Waals surface area contributed by atoms with E-state index < -0.39 is 17.5 Å². The number of nitrogens with one attached hydrogen (secondary N) is 1. The van der Waals surface area contributed by atoms with Gasteiger partial charge in [0.15, 0.2) is 0 Å². The van der Waals surface area contributed by atoms with E-state index in [2.05, 4.69) is 16.4 Å². The van der Waals surface area contributed by atoms with Gasteiger partial charge in [0.05, 0.1) is 16.8 Å². The van der Waals surface area contributed by atoms with Gasteiger partial charge in [0.25, 0.3) is 0 Å². The van der Waals surface area contributed by atoms with Crippen molar-refractivity contribution >= 4 is 28.2 Å². The highest BCUT2D eigenvalue weighted by atomic mass is 19.1. The predicted molar refractivity (Wildman–Crippen MR) is 106 cm³/mol. The highest BCUT2D eigenvalue weighted by molar-refractivity contribution is 5.95. The molecular weight excluding hydrogens is 393 g/mol. The minimum absolute atomic E-state index is 0.0716. The van der Waals surface area contributed by atoms with Gasteiger partial charge >= 0.3 is 0 Å². The molecule has 5 nitrogen and oxygen atoms in total. The second kappa shape index (κ2) is 8.03. The maximum absolute atomic E-state index is 13.8. The molecule has 1 N–H and O–H groups in total. The van der Waals surface area contributed by atoms with Crippen LogP contribution in [0.3, 0.4) is 0 Å². The maximum atomic E-state index is 13.8. The first-order chi connectivity index (χ1) is 14.4. The Morgan fingerprint density at radius 2 is 1.77 bits per heavy atom. The first-order valence-corrected chi connectivity index (χ1v) is 9.45. The van der Waals surface area contributed by atoms with Crippen LogP contribution in [-0.4, -0.2) is 24.0 Å². The lowest BCUT2D eigenvalue weighted by Gasteiger charge is -2.34. The molecule has 1 aliphatic heterocycles. The van der Waals surface area contributed by atoms with Crippen LogP contribution in [0.5, 0.6) is 0 Å². The van der Waals surface area contributed by atoms with Gasteiger partial charge < -0.3 is 10.2 Å². The van der Waals surface area contributed by atoms with E-state index in [-0.39, 0.29) is 17.5 Å². The van der Waals surface area contributed by atoms with Crippen LogP contribution in [0.1, 0.15) is 18.4 Å². The van der Waals surface area contributed by atoms with Gasteiger partial charge in [-0.15, -0.1) is 0 Å². The lowest BCUT2D eigenvalue weighted by atomic mass is 9.94. The Labute approximate surface area is 170 Å². The molecule has 2 aromatic carbocycles. The van der Waals surface area contributed by atoms with E-state index in [4.69, 9.17) is 0 Å². The van der Waals surface area contributed by atoms with E-state index in [1.807, 2.05) is 4.90 Å². The molecular formula is C22H17F3N4O. The summed E-state index contributed by atoms with van der Waals surface area (Å²) in [6, 6.07) is 9.21. The Hall–Kier alpha value is -3.60. The van der Waals surface area contributed by atoms with E-state index in [0.717, 1.165) is 18.2 Å². The summed E-state index contributed by atoms with van der Waals surface area (Å²) >= 11 is 0. The SMILES string of the molecule is N#Cc1cnc2ccc(F)cc2c1N1CCC(C(=O)Nc2cc(F)cc(F)c2)CC1. The van der Waals surface area contributed by atoms with Crippen LogP contribution in [0.4, 0.5) is 24.5 Å². The van der Waals surface area contributed by atoms with Crippen LogP contribution >= 0.6 is 0 Å². The minimum Gasteiger partial charge on any atom is -0.370 e. The number of hydrogen-bond donors (Lipinski definition) is 1. The fraction of sp³-hybridized carbons (Fsp3) is 0.227. The number of piperidine rings is 1. The zero-order chi connectivity index (χ0) is 21.3. The topological polar surface area (TPSA) is 69.0 Å². The maximum Gasteiger partial charge on any atom is 0.227 e. The molecule has 4 rings (SSSR count). The van der Waals surface area contributed by atoms with E-state index in [0.29, 0.717) is 48.1 Å². The van der Waals surface area contributed by atoms with Crippen molar-refractivity contribution in [3.8, 4) is 6.07 Å². The molecule has 0 atom stereocenters. The summed E-state index contributed by atoms with van der Waals surface area (Å²) in [6.45, 7) is 0.944. The summed E-state index contributed by atoms with van der Waals surface area (Å²) < 4.78 is 40.5. The Balaban J connectivity index is 1.51. The van der Waals surface area contributed by atoms with Gasteiger partial charge in [0.1, 0.15) is 23.5 Å². The fourth-order valence-electron chi connectivity index (χ4n) is 3.81. The summed E-state index contributed by atoms with van der Waals surface area (Å²) in [4.78, 5) is 18.7. The number of pyridine rings is 1. The molecule has 0 unspecified atom stereocenters. The zero-order valence-electron chi connectivity index (χ0n) is 15.8. The largest absolute Gasteiger partial charge is 0.370 e. The van der Waals surface area contributed by atoms with Crippen LogP contribution in [0.2, 0.25) is 0 Å². The number of carbonyl (C=O) groups is 1. The quantitative estimate of drug-likeness (QED) is 0.696. The molecule has 1 fully saturated rings. The van der Waals surface area contributed by atoms with E-state index in [1.165, 1.54) is 18.3 Å². The fourth-order valence-corrected chi connectivity index (χ4v) is 3.81.